The minimum Gasteiger partial charge on any atom is -0.484 e. The van der Waals surface area contributed by atoms with Crippen molar-refractivity contribution in [1.82, 2.24) is 0 Å². The van der Waals surface area contributed by atoms with Gasteiger partial charge in [-0.1, -0.05) is 18.2 Å². The van der Waals surface area contributed by atoms with Gasteiger partial charge in [0.2, 0.25) is 0 Å². The summed E-state index contributed by atoms with van der Waals surface area (Å²) >= 11 is 0. The highest BCUT2D eigenvalue weighted by molar-refractivity contribution is 5.38. The van der Waals surface area contributed by atoms with Crippen molar-refractivity contribution in [1.29, 1.82) is 0 Å². The van der Waals surface area contributed by atoms with Gasteiger partial charge >= 0.3 is 0 Å². The molecule has 3 nitrogen and oxygen atoms in total. The van der Waals surface area contributed by atoms with E-state index in [0.29, 0.717) is 13.0 Å². The quantitative estimate of drug-likeness (QED) is 0.701. The van der Waals surface area contributed by atoms with Gasteiger partial charge in [0, 0.05) is 18.4 Å². The Bertz CT molecular complexity index is 369. The van der Waals surface area contributed by atoms with Crippen LogP contribution in [0.25, 0.3) is 0 Å². The molecule has 2 aliphatic rings. The SMILES string of the molecule is O[C@@H]1CC2(CCOC2)Oc2ccccc21. The Kier molecular flexibility index (Phi) is 1.97. The van der Waals surface area contributed by atoms with E-state index in [1.807, 2.05) is 24.3 Å². The topological polar surface area (TPSA) is 38.7 Å². The van der Waals surface area contributed by atoms with Crippen LogP contribution in [0.3, 0.4) is 0 Å². The van der Waals surface area contributed by atoms with Crippen molar-refractivity contribution in [2.24, 2.45) is 0 Å². The number of ether oxygens (including phenoxy) is 2. The molecule has 0 saturated carbocycles. The molecule has 0 bridgehead atoms. The van der Waals surface area contributed by atoms with E-state index in [2.05, 4.69) is 0 Å². The Morgan fingerprint density at radius 2 is 2.20 bits per heavy atom. The van der Waals surface area contributed by atoms with Gasteiger partial charge in [0.25, 0.3) is 0 Å². The molecule has 2 heterocycles. The van der Waals surface area contributed by atoms with Crippen LogP contribution in [-0.2, 0) is 4.74 Å². The van der Waals surface area contributed by atoms with Gasteiger partial charge in [-0.25, -0.2) is 0 Å². The molecular formula is C12H14O3. The molecule has 0 aliphatic carbocycles. The van der Waals surface area contributed by atoms with Crippen LogP contribution in [0.15, 0.2) is 24.3 Å². The lowest BCUT2D eigenvalue weighted by Gasteiger charge is -2.36. The highest BCUT2D eigenvalue weighted by Crippen LogP contribution is 2.42. The molecule has 3 heteroatoms. The summed E-state index contributed by atoms with van der Waals surface area (Å²) in [6.07, 6.45) is 1.10. The maximum absolute atomic E-state index is 10.1. The number of hydrogen-bond acceptors (Lipinski definition) is 3. The Hall–Kier alpha value is -1.06. The predicted molar refractivity (Wildman–Crippen MR) is 54.8 cm³/mol. The third-order valence-electron chi connectivity index (χ3n) is 3.24. The number of para-hydroxylation sites is 1. The zero-order valence-electron chi connectivity index (χ0n) is 8.48. The van der Waals surface area contributed by atoms with Gasteiger partial charge in [0.15, 0.2) is 0 Å². The molecule has 2 aliphatic heterocycles. The van der Waals surface area contributed by atoms with E-state index in [0.717, 1.165) is 24.3 Å². The molecule has 80 valence electrons. The van der Waals surface area contributed by atoms with Crippen molar-refractivity contribution in [3.63, 3.8) is 0 Å². The molecular weight excluding hydrogens is 192 g/mol. The first-order chi connectivity index (χ1) is 7.29. The van der Waals surface area contributed by atoms with Crippen LogP contribution in [0.4, 0.5) is 0 Å². The summed E-state index contributed by atoms with van der Waals surface area (Å²) in [5.41, 5.74) is 0.614. The molecule has 0 radical (unpaired) electrons. The van der Waals surface area contributed by atoms with Crippen molar-refractivity contribution >= 4 is 0 Å². The fourth-order valence-electron chi connectivity index (χ4n) is 2.42. The van der Waals surface area contributed by atoms with E-state index in [-0.39, 0.29) is 5.60 Å². The van der Waals surface area contributed by atoms with Gasteiger partial charge < -0.3 is 14.6 Å². The molecule has 1 saturated heterocycles. The van der Waals surface area contributed by atoms with Crippen LogP contribution in [0, 0.1) is 0 Å². The Morgan fingerprint density at radius 3 is 3.00 bits per heavy atom. The maximum atomic E-state index is 10.1. The molecule has 15 heavy (non-hydrogen) atoms. The second-order valence-corrected chi connectivity index (χ2v) is 4.35. The van der Waals surface area contributed by atoms with Gasteiger partial charge in [-0.15, -0.1) is 0 Å². The Morgan fingerprint density at radius 1 is 1.33 bits per heavy atom. The zero-order valence-corrected chi connectivity index (χ0v) is 8.48. The summed E-state index contributed by atoms with van der Waals surface area (Å²) in [6.45, 7) is 1.33. The third-order valence-corrected chi connectivity index (χ3v) is 3.24. The first-order valence-electron chi connectivity index (χ1n) is 5.33. The summed E-state index contributed by atoms with van der Waals surface area (Å²) in [6, 6.07) is 7.69. The van der Waals surface area contributed by atoms with Crippen LogP contribution in [-0.4, -0.2) is 23.9 Å². The average Bonchev–Trinajstić information content (AvgIpc) is 2.66. The van der Waals surface area contributed by atoms with Gasteiger partial charge in [0.1, 0.15) is 11.4 Å². The molecule has 1 fully saturated rings. The molecule has 3 rings (SSSR count). The fraction of sp³-hybridized carbons (Fsp3) is 0.500. The first kappa shape index (κ1) is 9.19. The molecule has 1 N–H and O–H groups in total. The Balaban J connectivity index is 1.98. The van der Waals surface area contributed by atoms with E-state index in [4.69, 9.17) is 9.47 Å². The van der Waals surface area contributed by atoms with Crippen molar-refractivity contribution in [3.8, 4) is 5.75 Å². The van der Waals surface area contributed by atoms with Crippen LogP contribution in [0.2, 0.25) is 0 Å². The average molecular weight is 206 g/mol. The molecule has 0 aromatic heterocycles. The van der Waals surface area contributed by atoms with Crippen molar-refractivity contribution in [3.05, 3.63) is 29.8 Å². The van der Waals surface area contributed by atoms with E-state index in [1.54, 1.807) is 0 Å². The number of fused-ring (bicyclic) bond motifs is 1. The Labute approximate surface area is 88.6 Å². The number of aliphatic hydroxyl groups excluding tert-OH is 1. The lowest BCUT2D eigenvalue weighted by molar-refractivity contribution is -0.0194. The minimum absolute atomic E-state index is 0.284. The smallest absolute Gasteiger partial charge is 0.137 e. The summed E-state index contributed by atoms with van der Waals surface area (Å²) in [4.78, 5) is 0. The third kappa shape index (κ3) is 1.43. The van der Waals surface area contributed by atoms with Crippen molar-refractivity contribution in [2.75, 3.05) is 13.2 Å². The standard InChI is InChI=1S/C12H14O3/c13-10-7-12(5-6-14-8-12)15-11-4-2-1-3-9(10)11/h1-4,10,13H,5-8H2/t10-,12?/m1/s1. The summed E-state index contributed by atoms with van der Waals surface area (Å²) in [5.74, 6) is 0.807. The van der Waals surface area contributed by atoms with E-state index < -0.39 is 6.10 Å². The minimum atomic E-state index is -0.420. The largest absolute Gasteiger partial charge is 0.484 e. The fourth-order valence-corrected chi connectivity index (χ4v) is 2.42. The van der Waals surface area contributed by atoms with Gasteiger partial charge in [-0.3, -0.25) is 0 Å². The summed E-state index contributed by atoms with van der Waals surface area (Å²) in [7, 11) is 0. The molecule has 1 unspecified atom stereocenters. The normalized spacial score (nSPS) is 33.8. The second kappa shape index (κ2) is 3.22. The first-order valence-corrected chi connectivity index (χ1v) is 5.33. The zero-order chi connectivity index (χ0) is 10.3. The second-order valence-electron chi connectivity index (χ2n) is 4.35. The van der Waals surface area contributed by atoms with Crippen LogP contribution >= 0.6 is 0 Å². The molecule has 0 amide bonds. The van der Waals surface area contributed by atoms with E-state index in [9.17, 15) is 5.11 Å². The number of rotatable bonds is 0. The highest BCUT2D eigenvalue weighted by Gasteiger charge is 2.43. The van der Waals surface area contributed by atoms with Crippen molar-refractivity contribution < 1.29 is 14.6 Å². The predicted octanol–water partition coefficient (Wildman–Crippen LogP) is 1.66. The number of hydrogen-bond donors (Lipinski definition) is 1. The molecule has 1 spiro atoms. The van der Waals surface area contributed by atoms with Gasteiger partial charge in [0.05, 0.1) is 19.3 Å². The molecule has 1 aromatic carbocycles. The number of aliphatic hydroxyl groups is 1. The van der Waals surface area contributed by atoms with Crippen LogP contribution in [0.5, 0.6) is 5.75 Å². The maximum Gasteiger partial charge on any atom is 0.137 e. The molecule has 2 atom stereocenters. The number of benzene rings is 1. The van der Waals surface area contributed by atoms with Gasteiger partial charge in [-0.05, 0) is 6.07 Å². The van der Waals surface area contributed by atoms with Crippen LogP contribution < -0.4 is 4.74 Å². The lowest BCUT2D eigenvalue weighted by Crippen LogP contribution is -2.41. The summed E-state index contributed by atoms with van der Waals surface area (Å²) in [5, 5.41) is 10.1. The molecule has 1 aromatic rings. The van der Waals surface area contributed by atoms with Crippen LogP contribution in [0.1, 0.15) is 24.5 Å². The van der Waals surface area contributed by atoms with E-state index in [1.165, 1.54) is 0 Å². The van der Waals surface area contributed by atoms with Gasteiger partial charge in [-0.2, -0.15) is 0 Å². The van der Waals surface area contributed by atoms with E-state index >= 15 is 0 Å². The highest BCUT2D eigenvalue weighted by atomic mass is 16.6. The lowest BCUT2D eigenvalue weighted by atomic mass is 9.88. The van der Waals surface area contributed by atoms with Crippen molar-refractivity contribution in [2.45, 2.75) is 24.5 Å². The monoisotopic (exact) mass is 206 g/mol. The summed E-state index contributed by atoms with van der Waals surface area (Å²) < 4.78 is 11.3.